The predicted octanol–water partition coefficient (Wildman–Crippen LogP) is 6.69. The second kappa shape index (κ2) is 13.8. The van der Waals surface area contributed by atoms with E-state index in [1.807, 2.05) is 24.3 Å². The summed E-state index contributed by atoms with van der Waals surface area (Å²) in [5.41, 5.74) is 2.00. The van der Waals surface area contributed by atoms with Crippen LogP contribution in [0.15, 0.2) is 29.4 Å². The van der Waals surface area contributed by atoms with Gasteiger partial charge in [0.1, 0.15) is 0 Å². The molecule has 23 heavy (non-hydrogen) atoms. The molecule has 2 rings (SSSR count). The number of para-hydroxylation sites is 2. The fourth-order valence-corrected chi connectivity index (χ4v) is 2.99. The van der Waals surface area contributed by atoms with Crippen molar-refractivity contribution in [3.8, 4) is 0 Å². The highest BCUT2D eigenvalue weighted by atomic mass is 32.1. The van der Waals surface area contributed by atoms with Crippen LogP contribution in [0.2, 0.25) is 0 Å². The van der Waals surface area contributed by atoms with Gasteiger partial charge in [-0.1, -0.05) is 76.8 Å². The number of fused-ring (bicyclic) bond motifs is 1. The monoisotopic (exact) mass is 352 g/mol. The SMILES string of the molecule is CCCCCCCCCCCCS.Sc1nc2ccccc2[nH]1. The molecule has 0 amide bonds. The van der Waals surface area contributed by atoms with Gasteiger partial charge in [0.15, 0.2) is 5.16 Å². The molecule has 1 heterocycles. The van der Waals surface area contributed by atoms with Crippen molar-refractivity contribution >= 4 is 36.3 Å². The Kier molecular flexibility index (Phi) is 12.3. The molecule has 1 aromatic carbocycles. The van der Waals surface area contributed by atoms with Crippen LogP contribution in [0.4, 0.5) is 0 Å². The maximum atomic E-state index is 4.20. The molecule has 0 atom stereocenters. The number of benzene rings is 1. The summed E-state index contributed by atoms with van der Waals surface area (Å²) in [5, 5.41) is 0.668. The molecule has 0 aliphatic rings. The summed E-state index contributed by atoms with van der Waals surface area (Å²) in [4.78, 5) is 7.13. The van der Waals surface area contributed by atoms with Crippen molar-refractivity contribution in [2.24, 2.45) is 0 Å². The first-order chi connectivity index (χ1) is 11.3. The third-order valence-corrected chi connectivity index (χ3v) is 4.42. The van der Waals surface area contributed by atoms with E-state index in [0.717, 1.165) is 16.8 Å². The molecule has 130 valence electrons. The highest BCUT2D eigenvalue weighted by Gasteiger charge is 1.94. The number of rotatable bonds is 10. The van der Waals surface area contributed by atoms with Crippen LogP contribution in [0.5, 0.6) is 0 Å². The van der Waals surface area contributed by atoms with Crippen molar-refractivity contribution in [1.82, 2.24) is 9.97 Å². The number of nitrogens with one attached hydrogen (secondary N) is 1. The van der Waals surface area contributed by atoms with E-state index in [1.165, 1.54) is 64.2 Å². The number of aromatic nitrogens is 2. The van der Waals surface area contributed by atoms with Gasteiger partial charge in [-0.25, -0.2) is 4.98 Å². The zero-order valence-corrected chi connectivity index (χ0v) is 16.2. The van der Waals surface area contributed by atoms with Gasteiger partial charge in [-0.2, -0.15) is 12.6 Å². The topological polar surface area (TPSA) is 28.7 Å². The average molecular weight is 353 g/mol. The summed E-state index contributed by atoms with van der Waals surface area (Å²) in [6.45, 7) is 2.28. The molecule has 0 unspecified atom stereocenters. The summed E-state index contributed by atoms with van der Waals surface area (Å²) in [7, 11) is 0. The standard InChI is InChI=1S/C12H26S.C7H6N2S/c1-2-3-4-5-6-7-8-9-10-11-12-13;10-7-8-5-3-1-2-4-6(5)9-7/h13H,2-12H2,1H3;1-4H,(H2,8,9,10). The summed E-state index contributed by atoms with van der Waals surface area (Å²) in [6, 6.07) is 7.84. The van der Waals surface area contributed by atoms with Gasteiger partial charge >= 0.3 is 0 Å². The van der Waals surface area contributed by atoms with Crippen LogP contribution in [0.1, 0.15) is 71.1 Å². The number of unbranched alkanes of at least 4 members (excludes halogenated alkanes) is 9. The molecule has 1 N–H and O–H groups in total. The quantitative estimate of drug-likeness (QED) is 0.323. The normalized spacial score (nSPS) is 10.6. The molecule has 0 fully saturated rings. The van der Waals surface area contributed by atoms with E-state index in [2.05, 4.69) is 42.1 Å². The van der Waals surface area contributed by atoms with Crippen molar-refractivity contribution in [3.05, 3.63) is 24.3 Å². The Balaban J connectivity index is 0.000000235. The Morgan fingerprint density at radius 3 is 2.00 bits per heavy atom. The molecule has 0 aliphatic heterocycles. The number of nitrogens with zero attached hydrogens (tertiary/aromatic N) is 1. The molecule has 0 aliphatic carbocycles. The minimum Gasteiger partial charge on any atom is -0.333 e. The first-order valence-corrected chi connectivity index (χ1v) is 10.1. The first kappa shape index (κ1) is 20.4. The summed E-state index contributed by atoms with van der Waals surface area (Å²) in [5.74, 6) is 1.07. The Labute approximate surface area is 152 Å². The minimum atomic E-state index is 0.668. The molecule has 0 saturated carbocycles. The van der Waals surface area contributed by atoms with Crippen molar-refractivity contribution in [3.63, 3.8) is 0 Å². The zero-order chi connectivity index (χ0) is 16.8. The summed E-state index contributed by atoms with van der Waals surface area (Å²) in [6.07, 6.45) is 14.2. The first-order valence-electron chi connectivity index (χ1n) is 9.02. The van der Waals surface area contributed by atoms with Gasteiger partial charge in [0.25, 0.3) is 0 Å². The summed E-state index contributed by atoms with van der Waals surface area (Å²) < 4.78 is 0. The lowest BCUT2D eigenvalue weighted by atomic mass is 10.1. The lowest BCUT2D eigenvalue weighted by molar-refractivity contribution is 0.563. The Morgan fingerprint density at radius 1 is 0.870 bits per heavy atom. The van der Waals surface area contributed by atoms with Gasteiger partial charge in [0.2, 0.25) is 0 Å². The maximum Gasteiger partial charge on any atom is 0.163 e. The third-order valence-electron chi connectivity index (χ3n) is 3.89. The molecule has 0 radical (unpaired) electrons. The average Bonchev–Trinajstić information content (AvgIpc) is 2.94. The number of thiol groups is 2. The van der Waals surface area contributed by atoms with Crippen LogP contribution in [0.25, 0.3) is 11.0 Å². The van der Waals surface area contributed by atoms with E-state index < -0.39 is 0 Å². The largest absolute Gasteiger partial charge is 0.333 e. The Morgan fingerprint density at radius 2 is 1.43 bits per heavy atom. The van der Waals surface area contributed by atoms with E-state index in [-0.39, 0.29) is 0 Å². The molecule has 0 saturated heterocycles. The van der Waals surface area contributed by atoms with Crippen molar-refractivity contribution < 1.29 is 0 Å². The number of imidazole rings is 1. The minimum absolute atomic E-state index is 0.668. The van der Waals surface area contributed by atoms with E-state index in [4.69, 9.17) is 0 Å². The van der Waals surface area contributed by atoms with E-state index in [0.29, 0.717) is 5.16 Å². The van der Waals surface area contributed by atoms with Crippen molar-refractivity contribution in [2.45, 2.75) is 76.3 Å². The Bertz CT molecular complexity index is 468. The van der Waals surface area contributed by atoms with Crippen LogP contribution in [-0.2, 0) is 0 Å². The fraction of sp³-hybridized carbons (Fsp3) is 0.632. The maximum absolute atomic E-state index is 4.20. The predicted molar refractivity (Wildman–Crippen MR) is 109 cm³/mol. The number of hydrogen-bond acceptors (Lipinski definition) is 3. The van der Waals surface area contributed by atoms with E-state index in [9.17, 15) is 0 Å². The molecular weight excluding hydrogens is 320 g/mol. The molecule has 2 nitrogen and oxygen atoms in total. The van der Waals surface area contributed by atoms with Crippen LogP contribution < -0.4 is 0 Å². The number of aromatic amines is 1. The second-order valence-corrected chi connectivity index (χ2v) is 6.85. The van der Waals surface area contributed by atoms with E-state index >= 15 is 0 Å². The van der Waals surface area contributed by atoms with Crippen molar-refractivity contribution in [1.29, 1.82) is 0 Å². The van der Waals surface area contributed by atoms with Crippen molar-refractivity contribution in [2.75, 3.05) is 5.75 Å². The Hall–Kier alpha value is -0.610. The van der Waals surface area contributed by atoms with Crippen LogP contribution in [0.3, 0.4) is 0 Å². The fourth-order valence-electron chi connectivity index (χ4n) is 2.54. The molecule has 2 aromatic rings. The van der Waals surface area contributed by atoms with E-state index in [1.54, 1.807) is 0 Å². The lowest BCUT2D eigenvalue weighted by Gasteiger charge is -2.00. The van der Waals surface area contributed by atoms with Crippen LogP contribution in [-0.4, -0.2) is 15.7 Å². The van der Waals surface area contributed by atoms with Gasteiger partial charge in [-0.15, -0.1) is 12.6 Å². The second-order valence-electron chi connectivity index (χ2n) is 5.98. The van der Waals surface area contributed by atoms with Gasteiger partial charge < -0.3 is 4.98 Å². The van der Waals surface area contributed by atoms with Gasteiger partial charge in [0.05, 0.1) is 11.0 Å². The highest BCUT2D eigenvalue weighted by molar-refractivity contribution is 7.80. The van der Waals surface area contributed by atoms with Gasteiger partial charge in [-0.3, -0.25) is 0 Å². The number of hydrogen-bond donors (Lipinski definition) is 3. The zero-order valence-electron chi connectivity index (χ0n) is 14.4. The van der Waals surface area contributed by atoms with Crippen LogP contribution >= 0.6 is 25.3 Å². The van der Waals surface area contributed by atoms with Crippen LogP contribution in [0, 0.1) is 0 Å². The summed E-state index contributed by atoms with van der Waals surface area (Å²) >= 11 is 8.28. The smallest absolute Gasteiger partial charge is 0.163 e. The van der Waals surface area contributed by atoms with Gasteiger partial charge in [0, 0.05) is 0 Å². The third kappa shape index (κ3) is 9.98. The molecule has 1 aromatic heterocycles. The molecule has 0 bridgehead atoms. The lowest BCUT2D eigenvalue weighted by Crippen LogP contribution is -1.81. The molecule has 0 spiro atoms. The molecular formula is C19H32N2S2. The number of H-pyrrole nitrogens is 1. The highest BCUT2D eigenvalue weighted by Crippen LogP contribution is 2.11. The van der Waals surface area contributed by atoms with Gasteiger partial charge in [-0.05, 0) is 24.3 Å². The molecule has 4 heteroatoms.